The molecule has 4 rings (SSSR count). The number of carbonyl (C=O) groups excluding carboxylic acids is 1. The van der Waals surface area contributed by atoms with E-state index in [4.69, 9.17) is 4.74 Å². The third-order valence-electron chi connectivity index (χ3n) is 4.40. The Morgan fingerprint density at radius 1 is 1.19 bits per heavy atom. The molecule has 0 fully saturated rings. The summed E-state index contributed by atoms with van der Waals surface area (Å²) < 4.78 is 20.6. The van der Waals surface area contributed by atoms with Gasteiger partial charge < -0.3 is 10.1 Å². The lowest BCUT2D eigenvalue weighted by molar-refractivity contribution is -0.113. The number of thiazole rings is 1. The summed E-state index contributed by atoms with van der Waals surface area (Å²) in [7, 11) is 1.62. The van der Waals surface area contributed by atoms with Gasteiger partial charge in [0.25, 0.3) is 0 Å². The lowest BCUT2D eigenvalue weighted by Crippen LogP contribution is -2.14. The summed E-state index contributed by atoms with van der Waals surface area (Å²) in [4.78, 5) is 21.1. The topological polar surface area (TPSA) is 69.0 Å². The maximum absolute atomic E-state index is 13.5. The van der Waals surface area contributed by atoms with Crippen molar-refractivity contribution in [2.45, 2.75) is 12.1 Å². The molecule has 0 spiro atoms. The average molecular weight is 455 g/mol. The molecule has 4 aromatic rings. The van der Waals surface area contributed by atoms with E-state index < -0.39 is 0 Å². The Bertz CT molecular complexity index is 1190. The van der Waals surface area contributed by atoms with Gasteiger partial charge in [0.1, 0.15) is 11.6 Å². The molecule has 0 aliphatic heterocycles. The Balaban J connectivity index is 1.61. The van der Waals surface area contributed by atoms with Gasteiger partial charge in [-0.15, -0.1) is 11.3 Å². The van der Waals surface area contributed by atoms with E-state index in [9.17, 15) is 9.18 Å². The van der Waals surface area contributed by atoms with Crippen LogP contribution in [0.4, 0.5) is 9.52 Å². The van der Waals surface area contributed by atoms with Crippen molar-refractivity contribution in [1.82, 2.24) is 14.5 Å². The second kappa shape index (κ2) is 9.32. The van der Waals surface area contributed by atoms with Gasteiger partial charge >= 0.3 is 0 Å². The molecule has 6 nitrogen and oxygen atoms in total. The van der Waals surface area contributed by atoms with Gasteiger partial charge in [0.15, 0.2) is 10.3 Å². The molecule has 158 valence electrons. The van der Waals surface area contributed by atoms with E-state index in [1.54, 1.807) is 25.4 Å². The number of nitrogens with zero attached hydrogens (tertiary/aromatic N) is 3. The second-order valence-corrected chi connectivity index (χ2v) is 8.40. The summed E-state index contributed by atoms with van der Waals surface area (Å²) in [6.07, 6.45) is 1.75. The van der Waals surface area contributed by atoms with Gasteiger partial charge in [0.2, 0.25) is 5.91 Å². The van der Waals surface area contributed by atoms with Crippen LogP contribution in [-0.4, -0.2) is 33.3 Å². The highest BCUT2D eigenvalue weighted by atomic mass is 32.2. The van der Waals surface area contributed by atoms with Crippen LogP contribution in [0.15, 0.2) is 65.3 Å². The number of aryl methyl sites for hydroxylation is 1. The minimum absolute atomic E-state index is 0.166. The standard InChI is InChI=1S/C22H19FN4O2S2/c1-14-12-30-21(25-14)26-20(28)13-31-22-24-11-19(15-3-9-18(29-2)10-4-15)27(22)17-7-5-16(23)6-8-17/h3-12H,13H2,1-2H3,(H,25,26,28). The molecule has 2 aromatic heterocycles. The number of benzene rings is 2. The third kappa shape index (κ3) is 4.95. The number of imidazole rings is 1. The molecule has 1 amide bonds. The maximum atomic E-state index is 13.5. The molecule has 31 heavy (non-hydrogen) atoms. The Morgan fingerprint density at radius 2 is 1.94 bits per heavy atom. The van der Waals surface area contributed by atoms with Crippen LogP contribution in [0.5, 0.6) is 5.75 Å². The number of amides is 1. The predicted octanol–water partition coefficient (Wildman–Crippen LogP) is 5.18. The van der Waals surface area contributed by atoms with Crippen molar-refractivity contribution in [3.05, 3.63) is 71.6 Å². The minimum atomic E-state index is -0.317. The summed E-state index contributed by atoms with van der Waals surface area (Å²) in [5, 5.41) is 5.88. The number of hydrogen-bond donors (Lipinski definition) is 1. The predicted molar refractivity (Wildman–Crippen MR) is 122 cm³/mol. The molecule has 0 radical (unpaired) electrons. The van der Waals surface area contributed by atoms with Crippen LogP contribution in [0, 0.1) is 12.7 Å². The number of anilines is 1. The summed E-state index contributed by atoms with van der Waals surface area (Å²) in [6, 6.07) is 13.8. The lowest BCUT2D eigenvalue weighted by Gasteiger charge is -2.12. The fourth-order valence-corrected chi connectivity index (χ4v) is 4.44. The number of ether oxygens (including phenoxy) is 1. The van der Waals surface area contributed by atoms with Gasteiger partial charge in [0, 0.05) is 16.6 Å². The molecular weight excluding hydrogens is 435 g/mol. The van der Waals surface area contributed by atoms with Crippen LogP contribution in [-0.2, 0) is 4.79 Å². The zero-order chi connectivity index (χ0) is 21.8. The van der Waals surface area contributed by atoms with E-state index in [0.717, 1.165) is 28.4 Å². The van der Waals surface area contributed by atoms with Crippen LogP contribution in [0.2, 0.25) is 0 Å². The first kappa shape index (κ1) is 21.1. The number of aromatic nitrogens is 3. The molecule has 0 unspecified atom stereocenters. The first-order valence-corrected chi connectivity index (χ1v) is 11.2. The van der Waals surface area contributed by atoms with Crippen LogP contribution < -0.4 is 10.1 Å². The van der Waals surface area contributed by atoms with Crippen molar-refractivity contribution in [2.24, 2.45) is 0 Å². The molecule has 0 atom stereocenters. The van der Waals surface area contributed by atoms with E-state index in [2.05, 4.69) is 15.3 Å². The molecule has 0 saturated carbocycles. The number of hydrogen-bond acceptors (Lipinski definition) is 6. The quantitative estimate of drug-likeness (QED) is 0.390. The van der Waals surface area contributed by atoms with Crippen LogP contribution in [0.1, 0.15) is 5.69 Å². The summed E-state index contributed by atoms with van der Waals surface area (Å²) in [6.45, 7) is 1.88. The minimum Gasteiger partial charge on any atom is -0.497 e. The summed E-state index contributed by atoms with van der Waals surface area (Å²) in [5.74, 6) is 0.431. The lowest BCUT2D eigenvalue weighted by atomic mass is 10.1. The van der Waals surface area contributed by atoms with E-state index in [-0.39, 0.29) is 17.5 Å². The highest BCUT2D eigenvalue weighted by molar-refractivity contribution is 7.99. The zero-order valence-electron chi connectivity index (χ0n) is 16.8. The van der Waals surface area contributed by atoms with Gasteiger partial charge in [-0.2, -0.15) is 0 Å². The molecule has 0 saturated heterocycles. The Morgan fingerprint density at radius 3 is 2.58 bits per heavy atom. The SMILES string of the molecule is COc1ccc(-c2cnc(SCC(=O)Nc3nc(C)cs3)n2-c2ccc(F)cc2)cc1. The number of carbonyl (C=O) groups is 1. The summed E-state index contributed by atoms with van der Waals surface area (Å²) >= 11 is 2.69. The van der Waals surface area contributed by atoms with Crippen molar-refractivity contribution in [2.75, 3.05) is 18.2 Å². The van der Waals surface area contributed by atoms with E-state index in [1.165, 1.54) is 35.2 Å². The van der Waals surface area contributed by atoms with Crippen LogP contribution in [0.3, 0.4) is 0 Å². The average Bonchev–Trinajstić information content (AvgIpc) is 3.39. The van der Waals surface area contributed by atoms with Gasteiger partial charge in [-0.25, -0.2) is 14.4 Å². The van der Waals surface area contributed by atoms with E-state index >= 15 is 0 Å². The highest BCUT2D eigenvalue weighted by Gasteiger charge is 2.16. The smallest absolute Gasteiger partial charge is 0.236 e. The molecule has 0 aliphatic rings. The van der Waals surface area contributed by atoms with Crippen molar-refractivity contribution < 1.29 is 13.9 Å². The maximum Gasteiger partial charge on any atom is 0.236 e. The molecule has 0 aliphatic carbocycles. The molecule has 1 N–H and O–H groups in total. The number of thioether (sulfide) groups is 1. The van der Waals surface area contributed by atoms with Crippen molar-refractivity contribution in [3.63, 3.8) is 0 Å². The molecule has 0 bridgehead atoms. The monoisotopic (exact) mass is 454 g/mol. The summed E-state index contributed by atoms with van der Waals surface area (Å²) in [5.41, 5.74) is 3.37. The first-order chi connectivity index (χ1) is 15.0. The number of methoxy groups -OCH3 is 1. The third-order valence-corrected chi connectivity index (χ3v) is 6.23. The Labute approximate surface area is 187 Å². The van der Waals surface area contributed by atoms with E-state index in [1.807, 2.05) is 41.1 Å². The van der Waals surface area contributed by atoms with Crippen LogP contribution in [0.25, 0.3) is 16.9 Å². The molecule has 2 heterocycles. The highest BCUT2D eigenvalue weighted by Crippen LogP contribution is 2.31. The Kier molecular flexibility index (Phi) is 6.34. The van der Waals surface area contributed by atoms with Gasteiger partial charge in [-0.1, -0.05) is 11.8 Å². The number of nitrogens with one attached hydrogen (secondary N) is 1. The number of halogens is 1. The zero-order valence-corrected chi connectivity index (χ0v) is 18.5. The second-order valence-electron chi connectivity index (χ2n) is 6.60. The van der Waals surface area contributed by atoms with Crippen molar-refractivity contribution in [3.8, 4) is 22.7 Å². The Hall–Kier alpha value is -3.17. The fourth-order valence-electron chi connectivity index (χ4n) is 2.94. The largest absolute Gasteiger partial charge is 0.497 e. The van der Waals surface area contributed by atoms with Crippen molar-refractivity contribution in [1.29, 1.82) is 0 Å². The molecule has 2 aromatic carbocycles. The fraction of sp³-hybridized carbons (Fsp3) is 0.136. The van der Waals surface area contributed by atoms with Gasteiger partial charge in [-0.3, -0.25) is 9.36 Å². The van der Waals surface area contributed by atoms with Gasteiger partial charge in [0.05, 0.1) is 30.4 Å². The molecule has 9 heteroatoms. The first-order valence-electron chi connectivity index (χ1n) is 9.36. The van der Waals surface area contributed by atoms with Crippen LogP contribution >= 0.6 is 23.1 Å². The number of rotatable bonds is 7. The van der Waals surface area contributed by atoms with Crippen molar-refractivity contribution >= 4 is 34.1 Å². The van der Waals surface area contributed by atoms with E-state index in [0.29, 0.717) is 10.3 Å². The van der Waals surface area contributed by atoms with Gasteiger partial charge in [-0.05, 0) is 55.5 Å². The normalized spacial score (nSPS) is 10.8. The molecular formula is C22H19FN4O2S2.